The lowest BCUT2D eigenvalue weighted by Crippen LogP contribution is -2.27. The van der Waals surface area contributed by atoms with Crippen LogP contribution in [0.1, 0.15) is 46.0 Å². The maximum Gasteiger partial charge on any atom is 0.184 e. The second-order valence-corrected chi connectivity index (χ2v) is 5.19. The van der Waals surface area contributed by atoms with E-state index >= 15 is 0 Å². The monoisotopic (exact) mass is 227 g/mol. The molecule has 0 aromatic rings. The van der Waals surface area contributed by atoms with Gasteiger partial charge in [-0.2, -0.15) is 5.10 Å². The van der Waals surface area contributed by atoms with Crippen molar-refractivity contribution in [3.05, 3.63) is 0 Å². The van der Waals surface area contributed by atoms with Crippen LogP contribution in [0.25, 0.3) is 0 Å². The van der Waals surface area contributed by atoms with E-state index in [1.165, 1.54) is 25.0 Å². The predicted molar refractivity (Wildman–Crippen MR) is 68.8 cm³/mol. The summed E-state index contributed by atoms with van der Waals surface area (Å²) < 4.78 is 0. The Morgan fingerprint density at radius 3 is 3.00 bits per heavy atom. The van der Waals surface area contributed by atoms with Crippen LogP contribution in [-0.4, -0.2) is 10.8 Å². The summed E-state index contributed by atoms with van der Waals surface area (Å²) in [7, 11) is 0. The molecule has 3 nitrogen and oxygen atoms in total. The number of thiocarbonyl (C=S) groups is 1. The summed E-state index contributed by atoms with van der Waals surface area (Å²) in [5.74, 6) is 1.57. The number of nitrogens with two attached hydrogens (primary N) is 1. The third-order valence-corrected chi connectivity index (χ3v) is 2.82. The van der Waals surface area contributed by atoms with Crippen molar-refractivity contribution in [2.45, 2.75) is 46.0 Å². The Balaban J connectivity index is 2.41. The molecule has 0 saturated heterocycles. The number of nitrogens with zero attached hydrogens (tertiary/aromatic N) is 1. The fourth-order valence-corrected chi connectivity index (χ4v) is 2.28. The summed E-state index contributed by atoms with van der Waals surface area (Å²) in [6, 6.07) is 0. The first-order valence-electron chi connectivity index (χ1n) is 5.68. The Bertz CT molecular complexity index is 248. The zero-order chi connectivity index (χ0) is 11.3. The van der Waals surface area contributed by atoms with Crippen molar-refractivity contribution in [3.63, 3.8) is 0 Å². The van der Waals surface area contributed by atoms with Crippen molar-refractivity contribution in [2.75, 3.05) is 0 Å². The summed E-state index contributed by atoms with van der Waals surface area (Å²) in [6.45, 7) is 4.55. The van der Waals surface area contributed by atoms with Gasteiger partial charge < -0.3 is 5.73 Å². The van der Waals surface area contributed by atoms with E-state index in [0.717, 1.165) is 24.7 Å². The zero-order valence-corrected chi connectivity index (χ0v) is 10.4. The highest BCUT2D eigenvalue weighted by Crippen LogP contribution is 2.27. The van der Waals surface area contributed by atoms with Gasteiger partial charge in [0, 0.05) is 5.71 Å². The topological polar surface area (TPSA) is 50.4 Å². The van der Waals surface area contributed by atoms with Gasteiger partial charge in [0.05, 0.1) is 0 Å². The zero-order valence-electron chi connectivity index (χ0n) is 9.62. The minimum absolute atomic E-state index is 0.258. The van der Waals surface area contributed by atoms with E-state index in [4.69, 9.17) is 18.0 Å². The van der Waals surface area contributed by atoms with E-state index in [1.807, 2.05) is 0 Å². The molecule has 0 heterocycles. The SMILES string of the molecule is CC(C)CC1CCCC(=NNC(N)=S)C1. The summed E-state index contributed by atoms with van der Waals surface area (Å²) in [4.78, 5) is 0. The van der Waals surface area contributed by atoms with Crippen LogP contribution >= 0.6 is 12.2 Å². The molecule has 1 aliphatic rings. The summed E-state index contributed by atoms with van der Waals surface area (Å²) in [5.41, 5.74) is 9.25. The van der Waals surface area contributed by atoms with Crippen molar-refractivity contribution in [1.82, 2.24) is 5.43 Å². The number of hydrazone groups is 1. The van der Waals surface area contributed by atoms with Gasteiger partial charge in [0.2, 0.25) is 0 Å². The van der Waals surface area contributed by atoms with E-state index in [1.54, 1.807) is 0 Å². The van der Waals surface area contributed by atoms with Gasteiger partial charge in [-0.25, -0.2) is 0 Å². The number of hydrogen-bond acceptors (Lipinski definition) is 2. The van der Waals surface area contributed by atoms with E-state index in [2.05, 4.69) is 24.4 Å². The van der Waals surface area contributed by atoms with Crippen molar-refractivity contribution >= 4 is 23.0 Å². The van der Waals surface area contributed by atoms with Crippen LogP contribution in [0.5, 0.6) is 0 Å². The lowest BCUT2D eigenvalue weighted by Gasteiger charge is -2.24. The molecule has 0 radical (unpaired) electrons. The molecule has 0 spiro atoms. The van der Waals surface area contributed by atoms with Crippen LogP contribution in [0.2, 0.25) is 0 Å². The molecule has 1 unspecified atom stereocenters. The van der Waals surface area contributed by atoms with Crippen molar-refractivity contribution in [1.29, 1.82) is 0 Å². The van der Waals surface area contributed by atoms with Gasteiger partial charge in [0.25, 0.3) is 0 Å². The normalized spacial score (nSPS) is 24.5. The smallest absolute Gasteiger partial charge is 0.184 e. The molecule has 3 N–H and O–H groups in total. The maximum absolute atomic E-state index is 5.34. The Morgan fingerprint density at radius 1 is 1.67 bits per heavy atom. The number of nitrogens with one attached hydrogen (secondary N) is 1. The number of rotatable bonds is 3. The van der Waals surface area contributed by atoms with Gasteiger partial charge in [-0.05, 0) is 56.2 Å². The van der Waals surface area contributed by atoms with Crippen LogP contribution < -0.4 is 11.2 Å². The highest BCUT2D eigenvalue weighted by molar-refractivity contribution is 7.80. The standard InChI is InChI=1S/C11H21N3S/c1-8(2)6-9-4-3-5-10(7-9)13-14-11(12)15/h8-9H,3-7H2,1-2H3,(H3,12,14,15). The molecule has 1 fully saturated rings. The Hall–Kier alpha value is -0.640. The molecule has 1 rings (SSSR count). The van der Waals surface area contributed by atoms with Crippen LogP contribution in [-0.2, 0) is 0 Å². The molecule has 1 saturated carbocycles. The average Bonchev–Trinajstić information content (AvgIpc) is 2.14. The molecule has 0 aromatic heterocycles. The van der Waals surface area contributed by atoms with E-state index in [-0.39, 0.29) is 5.11 Å². The van der Waals surface area contributed by atoms with Gasteiger partial charge in [-0.3, -0.25) is 5.43 Å². The maximum atomic E-state index is 5.34. The minimum Gasteiger partial charge on any atom is -0.375 e. The van der Waals surface area contributed by atoms with Crippen LogP contribution in [0.4, 0.5) is 0 Å². The lowest BCUT2D eigenvalue weighted by atomic mass is 9.83. The molecule has 86 valence electrons. The average molecular weight is 227 g/mol. The summed E-state index contributed by atoms with van der Waals surface area (Å²) >= 11 is 4.72. The van der Waals surface area contributed by atoms with Gasteiger partial charge in [-0.1, -0.05) is 13.8 Å². The van der Waals surface area contributed by atoms with E-state index < -0.39 is 0 Å². The Kier molecular flexibility index (Phi) is 5.02. The highest BCUT2D eigenvalue weighted by Gasteiger charge is 2.19. The second-order valence-electron chi connectivity index (χ2n) is 4.75. The Morgan fingerprint density at radius 2 is 2.40 bits per heavy atom. The van der Waals surface area contributed by atoms with Crippen LogP contribution in [0.3, 0.4) is 0 Å². The molecular formula is C11H21N3S. The van der Waals surface area contributed by atoms with Gasteiger partial charge in [0.15, 0.2) is 5.11 Å². The molecule has 0 aliphatic heterocycles. The first-order valence-corrected chi connectivity index (χ1v) is 6.09. The van der Waals surface area contributed by atoms with Crippen LogP contribution in [0.15, 0.2) is 5.10 Å². The molecule has 1 aliphatic carbocycles. The second kappa shape index (κ2) is 6.05. The molecule has 15 heavy (non-hydrogen) atoms. The van der Waals surface area contributed by atoms with E-state index in [9.17, 15) is 0 Å². The number of hydrogen-bond donors (Lipinski definition) is 2. The largest absolute Gasteiger partial charge is 0.375 e. The van der Waals surface area contributed by atoms with Gasteiger partial charge in [-0.15, -0.1) is 0 Å². The van der Waals surface area contributed by atoms with E-state index in [0.29, 0.717) is 0 Å². The summed E-state index contributed by atoms with van der Waals surface area (Å²) in [5, 5.41) is 4.50. The van der Waals surface area contributed by atoms with Crippen molar-refractivity contribution in [3.8, 4) is 0 Å². The summed E-state index contributed by atoms with van der Waals surface area (Å²) in [6.07, 6.45) is 6.07. The third kappa shape index (κ3) is 5.11. The third-order valence-electron chi connectivity index (χ3n) is 2.73. The predicted octanol–water partition coefficient (Wildman–Crippen LogP) is 2.41. The molecular weight excluding hydrogens is 206 g/mol. The van der Waals surface area contributed by atoms with Gasteiger partial charge >= 0.3 is 0 Å². The molecule has 0 bridgehead atoms. The van der Waals surface area contributed by atoms with Crippen molar-refractivity contribution < 1.29 is 0 Å². The molecule has 0 aromatic carbocycles. The fourth-order valence-electron chi connectivity index (χ4n) is 2.24. The van der Waals surface area contributed by atoms with Gasteiger partial charge in [0.1, 0.15) is 0 Å². The fraction of sp³-hybridized carbons (Fsp3) is 0.818. The quantitative estimate of drug-likeness (QED) is 0.575. The lowest BCUT2D eigenvalue weighted by molar-refractivity contribution is 0.372. The highest BCUT2D eigenvalue weighted by atomic mass is 32.1. The van der Waals surface area contributed by atoms with Crippen LogP contribution in [0, 0.1) is 11.8 Å². The first kappa shape index (κ1) is 12.4. The Labute approximate surface area is 97.5 Å². The minimum atomic E-state index is 0.258. The molecule has 4 heteroatoms. The van der Waals surface area contributed by atoms with Crippen molar-refractivity contribution in [2.24, 2.45) is 22.7 Å². The molecule has 1 atom stereocenters. The molecule has 0 amide bonds. The first-order chi connectivity index (χ1) is 7.08.